The Morgan fingerprint density at radius 2 is 2.11 bits per heavy atom. The Bertz CT molecular complexity index is 753. The number of ether oxygens (including phenoxy) is 1. The molecule has 152 valence electrons. The molecular weight excluding hydrogens is 356 g/mol. The maximum absolute atomic E-state index is 13.3. The van der Waals surface area contributed by atoms with Crippen LogP contribution in [0.15, 0.2) is 18.5 Å². The Hall–Kier alpha value is -2.15. The predicted molar refractivity (Wildman–Crippen MR) is 105 cm³/mol. The average molecular weight is 386 g/mol. The zero-order valence-electron chi connectivity index (χ0n) is 17.0. The van der Waals surface area contributed by atoms with Crippen molar-refractivity contribution in [3.63, 3.8) is 0 Å². The summed E-state index contributed by atoms with van der Waals surface area (Å²) in [4.78, 5) is 36.5. The second-order valence-corrected chi connectivity index (χ2v) is 8.63. The highest BCUT2D eigenvalue weighted by Crippen LogP contribution is 2.42. The van der Waals surface area contributed by atoms with E-state index in [0.717, 1.165) is 25.8 Å². The summed E-state index contributed by atoms with van der Waals surface area (Å²) in [5.41, 5.74) is 0.568. The van der Waals surface area contributed by atoms with Crippen molar-refractivity contribution in [3.8, 4) is 5.75 Å². The highest BCUT2D eigenvalue weighted by molar-refractivity contribution is 5.96. The Balaban J connectivity index is 1.62. The van der Waals surface area contributed by atoms with Crippen molar-refractivity contribution in [1.29, 1.82) is 0 Å². The molecule has 3 aliphatic rings. The predicted octanol–water partition coefficient (Wildman–Crippen LogP) is 1.49. The van der Waals surface area contributed by atoms with Crippen LogP contribution in [-0.4, -0.2) is 84.4 Å². The summed E-state index contributed by atoms with van der Waals surface area (Å²) in [5, 5.41) is 0. The standard InChI is InChI=1S/C21H30N4O3/c1-23(2)13-18-15-9-14(17-5-4-6-20(26)25(17)18)11-24(12-15)21(27)16-7-8-22-10-19(16)28-3/h7-8,10,14-15,17-18H,4-6,9,11-13H2,1-3H3/t14-,15+,17+,18+/m1/s1. The SMILES string of the molecule is COc1cnccc1C(=O)N1C[C@H]2C[C@@H](C1)[C@H](CN(C)C)N1C(=O)CCC[C@@H]21. The van der Waals surface area contributed by atoms with Gasteiger partial charge in [-0.3, -0.25) is 14.6 Å². The fourth-order valence-corrected chi connectivity index (χ4v) is 5.44. The van der Waals surface area contributed by atoms with Gasteiger partial charge in [0, 0.05) is 44.3 Å². The van der Waals surface area contributed by atoms with E-state index in [-0.39, 0.29) is 18.0 Å². The minimum atomic E-state index is 0.00754. The minimum absolute atomic E-state index is 0.00754. The van der Waals surface area contributed by atoms with Crippen LogP contribution in [0.25, 0.3) is 0 Å². The molecule has 7 heteroatoms. The second kappa shape index (κ2) is 7.70. The summed E-state index contributed by atoms with van der Waals surface area (Å²) < 4.78 is 5.36. The lowest BCUT2D eigenvalue weighted by Gasteiger charge is -2.57. The topological polar surface area (TPSA) is 66.0 Å². The first kappa shape index (κ1) is 19.2. The van der Waals surface area contributed by atoms with Gasteiger partial charge in [0.25, 0.3) is 5.91 Å². The van der Waals surface area contributed by atoms with Crippen LogP contribution in [-0.2, 0) is 4.79 Å². The third kappa shape index (κ3) is 3.36. The van der Waals surface area contributed by atoms with Crippen molar-refractivity contribution in [3.05, 3.63) is 24.0 Å². The van der Waals surface area contributed by atoms with Crippen LogP contribution in [0, 0.1) is 11.8 Å². The molecule has 3 aliphatic heterocycles. The molecule has 0 saturated carbocycles. The second-order valence-electron chi connectivity index (χ2n) is 8.63. The van der Waals surface area contributed by atoms with Gasteiger partial charge in [0.05, 0.1) is 18.9 Å². The molecule has 3 saturated heterocycles. The summed E-state index contributed by atoms with van der Waals surface area (Å²) in [5.74, 6) is 1.50. The van der Waals surface area contributed by atoms with Crippen molar-refractivity contribution in [1.82, 2.24) is 19.7 Å². The number of fused-ring (bicyclic) bond motifs is 4. The zero-order valence-corrected chi connectivity index (χ0v) is 17.0. The van der Waals surface area contributed by atoms with Crippen LogP contribution in [0.5, 0.6) is 5.75 Å². The van der Waals surface area contributed by atoms with E-state index in [2.05, 4.69) is 28.9 Å². The average Bonchev–Trinajstić information content (AvgIpc) is 2.70. The quantitative estimate of drug-likeness (QED) is 0.785. The number of amides is 2. The maximum Gasteiger partial charge on any atom is 0.257 e. The lowest BCUT2D eigenvalue weighted by atomic mass is 9.72. The number of rotatable bonds is 4. The third-order valence-corrected chi connectivity index (χ3v) is 6.57. The molecular formula is C21H30N4O3. The number of likely N-dealkylation sites (tertiary alicyclic amines) is 1. The molecule has 0 spiro atoms. The number of hydrogen-bond acceptors (Lipinski definition) is 5. The number of nitrogens with zero attached hydrogens (tertiary/aromatic N) is 4. The van der Waals surface area contributed by atoms with Crippen molar-refractivity contribution in [2.24, 2.45) is 11.8 Å². The molecule has 1 aromatic heterocycles. The van der Waals surface area contributed by atoms with Crippen LogP contribution in [0.3, 0.4) is 0 Å². The van der Waals surface area contributed by atoms with Crippen LogP contribution in [0.4, 0.5) is 0 Å². The van der Waals surface area contributed by atoms with E-state index in [9.17, 15) is 9.59 Å². The van der Waals surface area contributed by atoms with Crippen LogP contribution >= 0.6 is 0 Å². The highest BCUT2D eigenvalue weighted by atomic mass is 16.5. The van der Waals surface area contributed by atoms with Crippen molar-refractivity contribution < 1.29 is 14.3 Å². The minimum Gasteiger partial charge on any atom is -0.494 e. The van der Waals surface area contributed by atoms with Crippen LogP contribution in [0.1, 0.15) is 36.0 Å². The van der Waals surface area contributed by atoms with E-state index in [1.54, 1.807) is 25.6 Å². The van der Waals surface area contributed by atoms with E-state index < -0.39 is 0 Å². The molecule has 28 heavy (non-hydrogen) atoms. The van der Waals surface area contributed by atoms with E-state index in [0.29, 0.717) is 48.6 Å². The molecule has 2 bridgehead atoms. The van der Waals surface area contributed by atoms with Crippen LogP contribution in [0.2, 0.25) is 0 Å². The van der Waals surface area contributed by atoms with Gasteiger partial charge in [-0.25, -0.2) is 0 Å². The molecule has 0 N–H and O–H groups in total. The summed E-state index contributed by atoms with van der Waals surface area (Å²) >= 11 is 0. The van der Waals surface area contributed by atoms with E-state index >= 15 is 0 Å². The van der Waals surface area contributed by atoms with Gasteiger partial charge < -0.3 is 19.4 Å². The van der Waals surface area contributed by atoms with Gasteiger partial charge in [-0.2, -0.15) is 0 Å². The summed E-state index contributed by atoms with van der Waals surface area (Å²) in [6.45, 7) is 2.25. The molecule has 0 aromatic carbocycles. The molecule has 0 radical (unpaired) electrons. The summed E-state index contributed by atoms with van der Waals surface area (Å²) in [6, 6.07) is 2.18. The molecule has 7 nitrogen and oxygen atoms in total. The lowest BCUT2D eigenvalue weighted by molar-refractivity contribution is -0.152. The van der Waals surface area contributed by atoms with Crippen molar-refractivity contribution in [2.75, 3.05) is 40.8 Å². The van der Waals surface area contributed by atoms with Crippen molar-refractivity contribution >= 4 is 11.8 Å². The van der Waals surface area contributed by atoms with Crippen LogP contribution < -0.4 is 4.74 Å². The molecule has 4 atom stereocenters. The Kier molecular flexibility index (Phi) is 5.27. The number of pyridine rings is 1. The summed E-state index contributed by atoms with van der Waals surface area (Å²) in [6.07, 6.45) is 7.00. The zero-order chi connectivity index (χ0) is 19.8. The van der Waals surface area contributed by atoms with Gasteiger partial charge in [-0.15, -0.1) is 0 Å². The number of likely N-dealkylation sites (N-methyl/N-ethyl adjacent to an activating group) is 1. The fraction of sp³-hybridized carbons (Fsp3) is 0.667. The number of carbonyl (C=O) groups is 2. The van der Waals surface area contributed by atoms with Gasteiger partial charge in [0.15, 0.2) is 0 Å². The fourth-order valence-electron chi connectivity index (χ4n) is 5.44. The molecule has 0 aliphatic carbocycles. The normalized spacial score (nSPS) is 29.6. The van der Waals surface area contributed by atoms with Gasteiger partial charge >= 0.3 is 0 Å². The number of methoxy groups -OCH3 is 1. The third-order valence-electron chi connectivity index (χ3n) is 6.57. The van der Waals surface area contributed by atoms with E-state index in [1.807, 2.05) is 4.90 Å². The molecule has 0 unspecified atom stereocenters. The molecule has 4 rings (SSSR count). The number of piperidine rings is 3. The Morgan fingerprint density at radius 3 is 2.86 bits per heavy atom. The smallest absolute Gasteiger partial charge is 0.257 e. The summed E-state index contributed by atoms with van der Waals surface area (Å²) in [7, 11) is 5.68. The first-order chi connectivity index (χ1) is 13.5. The lowest BCUT2D eigenvalue weighted by Crippen LogP contribution is -2.67. The molecule has 2 amide bonds. The first-order valence-corrected chi connectivity index (χ1v) is 10.2. The van der Waals surface area contributed by atoms with Gasteiger partial charge in [0.1, 0.15) is 5.75 Å². The maximum atomic E-state index is 13.3. The monoisotopic (exact) mass is 386 g/mol. The number of carbonyl (C=O) groups excluding carboxylic acids is 2. The van der Waals surface area contributed by atoms with Gasteiger partial charge in [0.2, 0.25) is 5.91 Å². The molecule has 1 aromatic rings. The first-order valence-electron chi connectivity index (χ1n) is 10.2. The molecule has 4 heterocycles. The number of aromatic nitrogens is 1. The largest absolute Gasteiger partial charge is 0.494 e. The Labute approximate surface area is 166 Å². The highest BCUT2D eigenvalue weighted by Gasteiger charge is 2.50. The van der Waals surface area contributed by atoms with Crippen molar-refractivity contribution in [2.45, 2.75) is 37.8 Å². The molecule has 3 fully saturated rings. The van der Waals surface area contributed by atoms with E-state index in [4.69, 9.17) is 4.74 Å². The van der Waals surface area contributed by atoms with Gasteiger partial charge in [-0.05, 0) is 51.3 Å². The Morgan fingerprint density at radius 1 is 1.32 bits per heavy atom. The van der Waals surface area contributed by atoms with E-state index in [1.165, 1.54) is 0 Å². The number of hydrogen-bond donors (Lipinski definition) is 0. The van der Waals surface area contributed by atoms with Gasteiger partial charge in [-0.1, -0.05) is 0 Å².